The third kappa shape index (κ3) is 2.40. The molecule has 3 fully saturated rings. The predicted molar refractivity (Wildman–Crippen MR) is 77.8 cm³/mol. The first kappa shape index (κ1) is 17.4. The summed E-state index contributed by atoms with van der Waals surface area (Å²) in [6.07, 6.45) is -1.46. The van der Waals surface area contributed by atoms with Gasteiger partial charge >= 0.3 is 12.1 Å². The molecule has 0 unspecified atom stereocenters. The molecule has 3 rings (SSSR count). The van der Waals surface area contributed by atoms with Crippen LogP contribution in [0.15, 0.2) is 0 Å². The average Bonchev–Trinajstić information content (AvgIpc) is 2.77. The van der Waals surface area contributed by atoms with Gasteiger partial charge in [0.1, 0.15) is 5.25 Å². The molecule has 1 N–H and O–H groups in total. The average molecular weight is 354 g/mol. The number of aliphatic hydroxyl groups is 1. The maximum absolute atomic E-state index is 13.6. The smallest absolute Gasteiger partial charge is 0.427 e. The number of ether oxygens (including phenoxy) is 2. The van der Waals surface area contributed by atoms with Crippen molar-refractivity contribution in [3.05, 3.63) is 0 Å². The minimum atomic E-state index is -4.65. The topological polar surface area (TPSA) is 55.8 Å². The summed E-state index contributed by atoms with van der Waals surface area (Å²) in [5.41, 5.74) is -2.53. The predicted octanol–water partition coefficient (Wildman–Crippen LogP) is 3.03. The lowest BCUT2D eigenvalue weighted by molar-refractivity contribution is -0.295. The molecule has 1 spiro atoms. The normalized spacial score (nSPS) is 39.4. The Labute approximate surface area is 137 Å². The molecule has 0 amide bonds. The standard InChI is InChI=1S/C15H21F3O4S/c1-2-21-11(19)10-13(20)8-14(23-10,15(16,17)18)22-9-12(13)6-4-3-5-7-12/h10,20H,2-9H2,1H3/t10-,13+,14+/m1/s1. The molecule has 2 heterocycles. The van der Waals surface area contributed by atoms with E-state index < -0.39 is 39.8 Å². The van der Waals surface area contributed by atoms with E-state index in [-0.39, 0.29) is 13.2 Å². The van der Waals surface area contributed by atoms with Crippen LogP contribution in [0.1, 0.15) is 45.4 Å². The number of rotatable bonds is 2. The number of halogens is 3. The molecule has 132 valence electrons. The van der Waals surface area contributed by atoms with E-state index in [1.165, 1.54) is 0 Å². The highest BCUT2D eigenvalue weighted by molar-refractivity contribution is 8.02. The zero-order valence-electron chi connectivity index (χ0n) is 12.9. The van der Waals surface area contributed by atoms with E-state index in [0.717, 1.165) is 19.3 Å². The summed E-state index contributed by atoms with van der Waals surface area (Å²) < 4.78 is 50.9. The Kier molecular flexibility index (Phi) is 4.17. The van der Waals surface area contributed by atoms with Crippen LogP contribution in [0.4, 0.5) is 13.2 Å². The molecule has 1 aliphatic carbocycles. The highest BCUT2D eigenvalue weighted by Gasteiger charge is 2.77. The summed E-state index contributed by atoms with van der Waals surface area (Å²) in [4.78, 5) is 9.75. The van der Waals surface area contributed by atoms with Crippen molar-refractivity contribution < 1.29 is 32.5 Å². The second-order valence-corrected chi connectivity index (χ2v) is 8.10. The molecule has 2 bridgehead atoms. The third-order valence-electron chi connectivity index (χ3n) is 5.49. The number of hydrogen-bond acceptors (Lipinski definition) is 5. The molecule has 23 heavy (non-hydrogen) atoms. The number of hydrogen-bond donors (Lipinski definition) is 1. The molecule has 1 saturated carbocycles. The maximum Gasteiger partial charge on any atom is 0.427 e. The Bertz CT molecular complexity index is 492. The van der Waals surface area contributed by atoms with E-state index >= 15 is 0 Å². The van der Waals surface area contributed by atoms with Crippen molar-refractivity contribution in [2.45, 2.75) is 67.4 Å². The van der Waals surface area contributed by atoms with Crippen LogP contribution >= 0.6 is 11.8 Å². The first-order chi connectivity index (χ1) is 10.7. The second-order valence-electron chi connectivity index (χ2n) is 6.73. The summed E-state index contributed by atoms with van der Waals surface area (Å²) in [5, 5.41) is 10.0. The van der Waals surface area contributed by atoms with Crippen LogP contribution in [0.5, 0.6) is 0 Å². The summed E-state index contributed by atoms with van der Waals surface area (Å²) >= 11 is 0.378. The van der Waals surface area contributed by atoms with Crippen molar-refractivity contribution in [2.24, 2.45) is 5.41 Å². The van der Waals surface area contributed by atoms with Gasteiger partial charge < -0.3 is 14.6 Å². The largest absolute Gasteiger partial charge is 0.465 e. The van der Waals surface area contributed by atoms with Gasteiger partial charge in [0.15, 0.2) is 0 Å². The number of fused-ring (bicyclic) bond motifs is 3. The summed E-state index contributed by atoms with van der Waals surface area (Å²) in [5.74, 6) is -0.776. The zero-order chi connectivity index (χ0) is 16.9. The van der Waals surface area contributed by atoms with Crippen molar-refractivity contribution >= 4 is 17.7 Å². The van der Waals surface area contributed by atoms with Crippen LogP contribution < -0.4 is 0 Å². The number of esters is 1. The van der Waals surface area contributed by atoms with Crippen LogP contribution in [0, 0.1) is 5.41 Å². The maximum atomic E-state index is 13.6. The Hall–Kier alpha value is -0.470. The molecule has 0 aromatic rings. The number of thioether (sulfide) groups is 1. The molecular weight excluding hydrogens is 333 g/mol. The van der Waals surface area contributed by atoms with E-state index in [1.54, 1.807) is 6.92 Å². The van der Waals surface area contributed by atoms with E-state index in [9.17, 15) is 23.1 Å². The minimum Gasteiger partial charge on any atom is -0.465 e. The van der Waals surface area contributed by atoms with Gasteiger partial charge in [-0.25, -0.2) is 0 Å². The molecule has 3 atom stereocenters. The molecule has 4 nitrogen and oxygen atoms in total. The molecule has 0 aromatic carbocycles. The van der Waals surface area contributed by atoms with Gasteiger partial charge in [-0.2, -0.15) is 13.2 Å². The van der Waals surface area contributed by atoms with Gasteiger partial charge in [-0.1, -0.05) is 31.0 Å². The number of carbonyl (C=O) groups is 1. The van der Waals surface area contributed by atoms with Gasteiger partial charge in [-0.05, 0) is 19.8 Å². The van der Waals surface area contributed by atoms with Gasteiger partial charge in [0.25, 0.3) is 0 Å². The monoisotopic (exact) mass is 354 g/mol. The van der Waals surface area contributed by atoms with Gasteiger partial charge in [-0.15, -0.1) is 0 Å². The molecule has 2 aliphatic heterocycles. The van der Waals surface area contributed by atoms with Gasteiger partial charge in [-0.3, -0.25) is 4.79 Å². The zero-order valence-corrected chi connectivity index (χ0v) is 13.8. The van der Waals surface area contributed by atoms with Crippen LogP contribution in [0.25, 0.3) is 0 Å². The van der Waals surface area contributed by atoms with Crippen molar-refractivity contribution in [1.29, 1.82) is 0 Å². The molecule has 0 aromatic heterocycles. The molecule has 2 saturated heterocycles. The molecular formula is C15H21F3O4S. The van der Waals surface area contributed by atoms with Crippen molar-refractivity contribution in [3.8, 4) is 0 Å². The number of alkyl halides is 3. The van der Waals surface area contributed by atoms with Crippen LogP contribution in [0.2, 0.25) is 0 Å². The third-order valence-corrected chi connectivity index (χ3v) is 7.18. The summed E-state index contributed by atoms with van der Waals surface area (Å²) in [6, 6.07) is 0. The van der Waals surface area contributed by atoms with Crippen LogP contribution in [0.3, 0.4) is 0 Å². The molecule has 0 radical (unpaired) electrons. The lowest BCUT2D eigenvalue weighted by Crippen LogP contribution is -2.63. The summed E-state index contributed by atoms with van der Waals surface area (Å²) in [6.45, 7) is 1.50. The lowest BCUT2D eigenvalue weighted by Gasteiger charge is -2.53. The Morgan fingerprint density at radius 1 is 1.35 bits per heavy atom. The first-order valence-electron chi connectivity index (χ1n) is 7.97. The van der Waals surface area contributed by atoms with E-state index in [2.05, 4.69) is 0 Å². The van der Waals surface area contributed by atoms with Crippen LogP contribution in [-0.4, -0.2) is 46.2 Å². The quantitative estimate of drug-likeness (QED) is 0.773. The van der Waals surface area contributed by atoms with Gasteiger partial charge in [0, 0.05) is 11.8 Å². The molecule has 8 heteroatoms. The second kappa shape index (κ2) is 5.52. The fraction of sp³-hybridized carbons (Fsp3) is 0.933. The highest BCUT2D eigenvalue weighted by atomic mass is 32.2. The SMILES string of the molecule is CCOC(=O)[C@H]1S[C@]2(C(F)(F)F)C[C@@]1(O)C1(CCCCC1)CO2. The first-order valence-corrected chi connectivity index (χ1v) is 8.85. The fourth-order valence-corrected chi connectivity index (χ4v) is 5.86. The Morgan fingerprint density at radius 2 is 2.00 bits per heavy atom. The summed E-state index contributed by atoms with van der Waals surface area (Å²) in [7, 11) is 0. The van der Waals surface area contributed by atoms with Crippen molar-refractivity contribution in [3.63, 3.8) is 0 Å². The Balaban J connectivity index is 2.01. The van der Waals surface area contributed by atoms with Crippen molar-refractivity contribution in [2.75, 3.05) is 13.2 Å². The van der Waals surface area contributed by atoms with Gasteiger partial charge in [0.2, 0.25) is 4.93 Å². The highest BCUT2D eigenvalue weighted by Crippen LogP contribution is 2.67. The van der Waals surface area contributed by atoms with E-state index in [1.807, 2.05) is 0 Å². The van der Waals surface area contributed by atoms with Crippen LogP contribution in [-0.2, 0) is 14.3 Å². The Morgan fingerprint density at radius 3 is 2.57 bits per heavy atom. The molecule has 3 aliphatic rings. The van der Waals surface area contributed by atoms with E-state index in [4.69, 9.17) is 9.47 Å². The van der Waals surface area contributed by atoms with E-state index in [0.29, 0.717) is 24.6 Å². The van der Waals surface area contributed by atoms with Crippen molar-refractivity contribution in [1.82, 2.24) is 0 Å². The van der Waals surface area contributed by atoms with Gasteiger partial charge in [0.05, 0.1) is 18.8 Å². The minimum absolute atomic E-state index is 0.0683. The lowest BCUT2D eigenvalue weighted by atomic mass is 9.59. The number of carbonyl (C=O) groups excluding carboxylic acids is 1. The fourth-order valence-electron chi connectivity index (χ4n) is 4.22.